The molecule has 1 aliphatic rings. The van der Waals surface area contributed by atoms with Crippen LogP contribution in [0.15, 0.2) is 33.9 Å². The number of H-pyrrole nitrogens is 2. The number of carbonyl (C=O) groups is 2. The summed E-state index contributed by atoms with van der Waals surface area (Å²) in [6.07, 6.45) is 4.47. The monoisotopic (exact) mass is 398 g/mol. The highest BCUT2D eigenvalue weighted by atomic mass is 16.2. The van der Waals surface area contributed by atoms with Crippen LogP contribution in [0.5, 0.6) is 0 Å². The van der Waals surface area contributed by atoms with E-state index in [2.05, 4.69) is 20.6 Å². The molecule has 0 atom stereocenters. The average molecular weight is 398 g/mol. The number of carbonyl (C=O) groups excluding carboxylic acids is 2. The number of anilines is 1. The third kappa shape index (κ3) is 5.66. The highest BCUT2D eigenvalue weighted by Crippen LogP contribution is 2.26. The Morgan fingerprint density at radius 3 is 2.62 bits per heavy atom. The molecule has 1 fully saturated rings. The van der Waals surface area contributed by atoms with Crippen molar-refractivity contribution in [3.8, 4) is 0 Å². The summed E-state index contributed by atoms with van der Waals surface area (Å²) in [4.78, 5) is 52.1. The summed E-state index contributed by atoms with van der Waals surface area (Å²) in [5.41, 5.74) is 1.45. The van der Waals surface area contributed by atoms with Gasteiger partial charge in [0, 0.05) is 35.8 Å². The summed E-state index contributed by atoms with van der Waals surface area (Å²) in [6, 6.07) is 7.41. The molecule has 2 amide bonds. The molecule has 29 heavy (non-hydrogen) atoms. The highest BCUT2D eigenvalue weighted by molar-refractivity contribution is 5.92. The summed E-state index contributed by atoms with van der Waals surface area (Å²) >= 11 is 0. The summed E-state index contributed by atoms with van der Waals surface area (Å²) in [5, 5.41) is 5.78. The van der Waals surface area contributed by atoms with Gasteiger partial charge in [-0.05, 0) is 43.9 Å². The van der Waals surface area contributed by atoms with E-state index in [4.69, 9.17) is 0 Å². The molecule has 2 aromatic rings. The first-order valence-electron chi connectivity index (χ1n) is 9.91. The summed E-state index contributed by atoms with van der Waals surface area (Å²) < 4.78 is 0. The largest absolute Gasteiger partial charge is 0.352 e. The van der Waals surface area contributed by atoms with E-state index in [1.54, 1.807) is 6.92 Å². The molecule has 1 aliphatic carbocycles. The highest BCUT2D eigenvalue weighted by Gasteiger charge is 2.22. The minimum Gasteiger partial charge on any atom is -0.352 e. The van der Waals surface area contributed by atoms with Gasteiger partial charge in [0.25, 0.3) is 5.56 Å². The van der Waals surface area contributed by atoms with Crippen molar-refractivity contribution in [2.75, 3.05) is 5.32 Å². The predicted octanol–water partition coefficient (Wildman–Crippen LogP) is 1.75. The number of nitrogens with one attached hydrogen (secondary N) is 4. The molecule has 154 valence electrons. The van der Waals surface area contributed by atoms with Crippen LogP contribution in [0.3, 0.4) is 0 Å². The zero-order chi connectivity index (χ0) is 20.8. The summed E-state index contributed by atoms with van der Waals surface area (Å²) in [5.74, 6) is -0.0431. The molecular formula is C21H26N4O4. The molecule has 0 unspecified atom stereocenters. The quantitative estimate of drug-likeness (QED) is 0.567. The van der Waals surface area contributed by atoms with Crippen LogP contribution >= 0.6 is 0 Å². The third-order valence-electron chi connectivity index (χ3n) is 5.27. The van der Waals surface area contributed by atoms with Crippen LogP contribution in [-0.2, 0) is 22.6 Å². The number of aromatic amines is 2. The first kappa shape index (κ1) is 20.6. The van der Waals surface area contributed by atoms with Gasteiger partial charge < -0.3 is 15.6 Å². The Morgan fingerprint density at radius 2 is 1.90 bits per heavy atom. The van der Waals surface area contributed by atoms with Gasteiger partial charge in [-0.15, -0.1) is 0 Å². The Labute approximate surface area is 168 Å². The SMILES string of the molecule is Cc1[nH]c(=O)[nH]c(=O)c1CCC(=O)NCc1cccc(NC(=O)C2CCCC2)c1. The maximum absolute atomic E-state index is 12.3. The van der Waals surface area contributed by atoms with Crippen LogP contribution < -0.4 is 21.9 Å². The van der Waals surface area contributed by atoms with E-state index in [-0.39, 0.29) is 30.6 Å². The van der Waals surface area contributed by atoms with Crippen LogP contribution in [0.2, 0.25) is 0 Å². The lowest BCUT2D eigenvalue weighted by Crippen LogP contribution is -2.29. The lowest BCUT2D eigenvalue weighted by molar-refractivity contribution is -0.121. The van der Waals surface area contributed by atoms with Crippen molar-refractivity contribution in [1.82, 2.24) is 15.3 Å². The van der Waals surface area contributed by atoms with E-state index < -0.39 is 11.2 Å². The minimum atomic E-state index is -0.555. The molecule has 3 rings (SSSR count). The van der Waals surface area contributed by atoms with Crippen LogP contribution in [-0.4, -0.2) is 21.8 Å². The number of amides is 2. The lowest BCUT2D eigenvalue weighted by atomic mass is 10.1. The Bertz CT molecular complexity index is 1000. The number of aryl methyl sites for hydroxylation is 1. The first-order valence-corrected chi connectivity index (χ1v) is 9.91. The van der Waals surface area contributed by atoms with E-state index >= 15 is 0 Å². The van der Waals surface area contributed by atoms with Crippen molar-refractivity contribution in [2.24, 2.45) is 5.92 Å². The second-order valence-electron chi connectivity index (χ2n) is 7.46. The van der Waals surface area contributed by atoms with E-state index in [1.165, 1.54) is 0 Å². The van der Waals surface area contributed by atoms with Gasteiger partial charge in [0.05, 0.1) is 0 Å². The van der Waals surface area contributed by atoms with E-state index in [1.807, 2.05) is 24.3 Å². The van der Waals surface area contributed by atoms with Crippen molar-refractivity contribution in [2.45, 2.75) is 52.0 Å². The molecule has 1 aromatic carbocycles. The van der Waals surface area contributed by atoms with E-state index in [0.717, 1.165) is 36.9 Å². The number of benzene rings is 1. The topological polar surface area (TPSA) is 124 Å². The molecule has 0 aliphatic heterocycles. The van der Waals surface area contributed by atoms with Crippen molar-refractivity contribution in [3.63, 3.8) is 0 Å². The Morgan fingerprint density at radius 1 is 1.14 bits per heavy atom. The molecule has 0 spiro atoms. The smallest absolute Gasteiger partial charge is 0.325 e. The fraction of sp³-hybridized carbons (Fsp3) is 0.429. The van der Waals surface area contributed by atoms with Crippen molar-refractivity contribution in [3.05, 3.63) is 61.9 Å². The molecule has 4 N–H and O–H groups in total. The van der Waals surface area contributed by atoms with E-state index in [0.29, 0.717) is 17.8 Å². The Balaban J connectivity index is 1.50. The van der Waals surface area contributed by atoms with Gasteiger partial charge in [0.2, 0.25) is 11.8 Å². The van der Waals surface area contributed by atoms with Gasteiger partial charge in [0.1, 0.15) is 0 Å². The lowest BCUT2D eigenvalue weighted by Gasteiger charge is -2.12. The van der Waals surface area contributed by atoms with Crippen molar-refractivity contribution in [1.29, 1.82) is 0 Å². The predicted molar refractivity (Wildman–Crippen MR) is 110 cm³/mol. The number of rotatable bonds is 7. The Kier molecular flexibility index (Phi) is 6.64. The zero-order valence-electron chi connectivity index (χ0n) is 16.5. The summed E-state index contributed by atoms with van der Waals surface area (Å²) in [7, 11) is 0. The molecule has 8 heteroatoms. The van der Waals surface area contributed by atoms with Crippen LogP contribution in [0.25, 0.3) is 0 Å². The second-order valence-corrected chi connectivity index (χ2v) is 7.46. The fourth-order valence-corrected chi connectivity index (χ4v) is 3.65. The average Bonchev–Trinajstić information content (AvgIpc) is 3.21. The third-order valence-corrected chi connectivity index (χ3v) is 5.27. The van der Waals surface area contributed by atoms with Crippen LogP contribution in [0.4, 0.5) is 5.69 Å². The van der Waals surface area contributed by atoms with Gasteiger partial charge in [-0.25, -0.2) is 4.79 Å². The molecule has 1 aromatic heterocycles. The molecule has 0 bridgehead atoms. The molecular weight excluding hydrogens is 372 g/mol. The van der Waals surface area contributed by atoms with Gasteiger partial charge in [0.15, 0.2) is 0 Å². The summed E-state index contributed by atoms with van der Waals surface area (Å²) in [6.45, 7) is 1.96. The van der Waals surface area contributed by atoms with Gasteiger partial charge in [-0.3, -0.25) is 19.4 Å². The zero-order valence-corrected chi connectivity index (χ0v) is 16.5. The van der Waals surface area contributed by atoms with Crippen LogP contribution in [0, 0.1) is 12.8 Å². The molecule has 0 saturated heterocycles. The number of aromatic nitrogens is 2. The van der Waals surface area contributed by atoms with E-state index in [9.17, 15) is 19.2 Å². The maximum atomic E-state index is 12.3. The molecule has 0 radical (unpaired) electrons. The van der Waals surface area contributed by atoms with Crippen molar-refractivity contribution >= 4 is 17.5 Å². The molecule has 8 nitrogen and oxygen atoms in total. The second kappa shape index (κ2) is 9.36. The molecule has 1 saturated carbocycles. The minimum absolute atomic E-state index is 0.0604. The fourth-order valence-electron chi connectivity index (χ4n) is 3.65. The van der Waals surface area contributed by atoms with Gasteiger partial charge >= 0.3 is 5.69 Å². The standard InChI is InChI=1S/C21H26N4O4/c1-13-17(20(28)25-21(29)23-13)9-10-18(26)22-12-14-5-4-8-16(11-14)24-19(27)15-6-2-3-7-15/h4-5,8,11,15H,2-3,6-7,9-10,12H2,1H3,(H,22,26)(H,24,27)(H2,23,25,28,29). The Hall–Kier alpha value is -3.16. The van der Waals surface area contributed by atoms with Gasteiger partial charge in [-0.2, -0.15) is 0 Å². The van der Waals surface area contributed by atoms with Crippen molar-refractivity contribution < 1.29 is 9.59 Å². The number of hydrogen-bond donors (Lipinski definition) is 4. The van der Waals surface area contributed by atoms with Crippen LogP contribution in [0.1, 0.15) is 48.9 Å². The molecule has 1 heterocycles. The normalized spacial score (nSPS) is 14.0. The number of hydrogen-bond acceptors (Lipinski definition) is 4. The maximum Gasteiger partial charge on any atom is 0.325 e. The van der Waals surface area contributed by atoms with Gasteiger partial charge in [-0.1, -0.05) is 25.0 Å². The first-order chi connectivity index (χ1) is 13.9.